The molecule has 1 unspecified atom stereocenters. The number of hydrogen-bond acceptors (Lipinski definition) is 4. The van der Waals surface area contributed by atoms with Gasteiger partial charge >= 0.3 is 0 Å². The highest BCUT2D eigenvalue weighted by atomic mass is 32.2. The molecule has 0 aliphatic rings. The maximum absolute atomic E-state index is 12.1. The Hall–Kier alpha value is -1.33. The first-order valence-corrected chi connectivity index (χ1v) is 10.5. The third-order valence-corrected chi connectivity index (χ3v) is 5.28. The Morgan fingerprint density at radius 2 is 1.72 bits per heavy atom. The molecule has 0 saturated heterocycles. The largest absolute Gasteiger partial charge is 0.393 e. The Bertz CT molecular complexity index is 606. The number of H-pyrrole nitrogens is 1. The van der Waals surface area contributed by atoms with Crippen LogP contribution in [0, 0.1) is 0 Å². The molecule has 1 aromatic carbocycles. The SMILES string of the molecule is CC(O)CCCCCCCCCCSC(=O)c1nc2ccccc2[nH]1. The van der Waals surface area contributed by atoms with Crippen LogP contribution in [-0.4, -0.2) is 32.0 Å². The van der Waals surface area contributed by atoms with Crippen molar-refractivity contribution in [3.8, 4) is 0 Å². The minimum absolute atomic E-state index is 0.0364. The summed E-state index contributed by atoms with van der Waals surface area (Å²) < 4.78 is 0. The van der Waals surface area contributed by atoms with Crippen molar-refractivity contribution in [1.29, 1.82) is 0 Å². The number of hydrogen-bond donors (Lipinski definition) is 2. The molecular weight excluding hydrogens is 332 g/mol. The summed E-state index contributed by atoms with van der Waals surface area (Å²) in [5.41, 5.74) is 1.76. The van der Waals surface area contributed by atoms with Gasteiger partial charge in [0.15, 0.2) is 5.82 Å². The second kappa shape index (κ2) is 11.3. The molecule has 1 aromatic heterocycles. The Morgan fingerprint density at radius 1 is 1.08 bits per heavy atom. The highest BCUT2D eigenvalue weighted by Crippen LogP contribution is 2.17. The van der Waals surface area contributed by atoms with Crippen LogP contribution in [0.15, 0.2) is 24.3 Å². The van der Waals surface area contributed by atoms with E-state index < -0.39 is 0 Å². The molecule has 2 rings (SSSR count). The average Bonchev–Trinajstić information content (AvgIpc) is 3.03. The van der Waals surface area contributed by atoms with Gasteiger partial charge in [0.05, 0.1) is 17.1 Å². The molecule has 138 valence electrons. The number of carbonyl (C=O) groups excluding carboxylic acids is 1. The van der Waals surface area contributed by atoms with E-state index in [1.807, 2.05) is 31.2 Å². The van der Waals surface area contributed by atoms with Gasteiger partial charge in [-0.05, 0) is 31.9 Å². The lowest BCUT2D eigenvalue weighted by atomic mass is 10.1. The van der Waals surface area contributed by atoms with Gasteiger partial charge in [-0.1, -0.05) is 68.8 Å². The highest BCUT2D eigenvalue weighted by Gasteiger charge is 2.11. The number of para-hydroxylation sites is 2. The summed E-state index contributed by atoms with van der Waals surface area (Å²) in [5.74, 6) is 1.33. The van der Waals surface area contributed by atoms with Gasteiger partial charge in [-0.15, -0.1) is 0 Å². The van der Waals surface area contributed by atoms with E-state index in [1.165, 1.54) is 50.3 Å². The zero-order chi connectivity index (χ0) is 17.9. The summed E-state index contributed by atoms with van der Waals surface area (Å²) in [5, 5.41) is 9.23. The Kier molecular flexibility index (Phi) is 9.05. The van der Waals surface area contributed by atoms with Gasteiger partial charge in [0.1, 0.15) is 0 Å². The quantitative estimate of drug-likeness (QED) is 0.501. The van der Waals surface area contributed by atoms with E-state index in [4.69, 9.17) is 0 Å². The smallest absolute Gasteiger partial charge is 0.254 e. The molecule has 25 heavy (non-hydrogen) atoms. The zero-order valence-corrected chi connectivity index (χ0v) is 16.0. The number of thioether (sulfide) groups is 1. The van der Waals surface area contributed by atoms with Crippen LogP contribution >= 0.6 is 11.8 Å². The average molecular weight is 363 g/mol. The monoisotopic (exact) mass is 362 g/mol. The number of aliphatic hydroxyl groups is 1. The van der Waals surface area contributed by atoms with E-state index in [1.54, 1.807) is 0 Å². The fraction of sp³-hybridized carbons (Fsp3) is 0.600. The first-order valence-electron chi connectivity index (χ1n) is 9.47. The standard InChI is InChI=1S/C20H30N2O2S/c1-16(23)12-8-6-4-2-3-5-7-11-15-25-20(24)19-21-17-13-9-10-14-18(17)22-19/h9-10,13-14,16,23H,2-8,11-12,15H2,1H3,(H,21,22). The second-order valence-electron chi connectivity index (χ2n) is 6.70. The molecule has 5 heteroatoms. The number of unbranched alkanes of at least 4 members (excludes halogenated alkanes) is 7. The lowest BCUT2D eigenvalue weighted by Crippen LogP contribution is -1.98. The third-order valence-electron chi connectivity index (χ3n) is 4.33. The van der Waals surface area contributed by atoms with Crippen molar-refractivity contribution < 1.29 is 9.90 Å². The summed E-state index contributed by atoms with van der Waals surface area (Å²) in [6.07, 6.45) is 10.5. The maximum atomic E-state index is 12.1. The fourth-order valence-corrected chi connectivity index (χ4v) is 3.65. The van der Waals surface area contributed by atoms with Crippen LogP contribution in [0.4, 0.5) is 0 Å². The van der Waals surface area contributed by atoms with Crippen LogP contribution in [0.25, 0.3) is 11.0 Å². The van der Waals surface area contributed by atoms with E-state index in [0.717, 1.165) is 36.0 Å². The van der Waals surface area contributed by atoms with Crippen LogP contribution in [0.5, 0.6) is 0 Å². The minimum Gasteiger partial charge on any atom is -0.393 e. The number of rotatable bonds is 12. The Labute approximate surface area is 154 Å². The molecule has 0 bridgehead atoms. The fourth-order valence-electron chi connectivity index (χ4n) is 2.89. The third kappa shape index (κ3) is 7.61. The second-order valence-corrected chi connectivity index (χ2v) is 7.77. The van der Waals surface area contributed by atoms with Crippen molar-refractivity contribution in [2.75, 3.05) is 5.75 Å². The number of benzene rings is 1. The molecule has 4 nitrogen and oxygen atoms in total. The van der Waals surface area contributed by atoms with Crippen LogP contribution in [0.2, 0.25) is 0 Å². The highest BCUT2D eigenvalue weighted by molar-refractivity contribution is 8.14. The first-order chi connectivity index (χ1) is 12.2. The van der Waals surface area contributed by atoms with E-state index in [-0.39, 0.29) is 11.2 Å². The summed E-state index contributed by atoms with van der Waals surface area (Å²) in [6.45, 7) is 1.86. The number of imidazole rings is 1. The number of aromatic nitrogens is 2. The van der Waals surface area contributed by atoms with Gasteiger partial charge in [-0.25, -0.2) is 4.98 Å². The lowest BCUT2D eigenvalue weighted by molar-refractivity contribution is 0.108. The molecule has 0 fully saturated rings. The van der Waals surface area contributed by atoms with Crippen molar-refractivity contribution in [2.45, 2.75) is 70.8 Å². The Balaban J connectivity index is 1.48. The van der Waals surface area contributed by atoms with Gasteiger partial charge in [-0.3, -0.25) is 4.79 Å². The van der Waals surface area contributed by atoms with E-state index in [9.17, 15) is 9.90 Å². The molecule has 1 heterocycles. The lowest BCUT2D eigenvalue weighted by Gasteiger charge is -2.04. The number of fused-ring (bicyclic) bond motifs is 1. The minimum atomic E-state index is -0.153. The topological polar surface area (TPSA) is 66.0 Å². The number of nitrogens with one attached hydrogen (secondary N) is 1. The van der Waals surface area contributed by atoms with E-state index >= 15 is 0 Å². The van der Waals surface area contributed by atoms with Crippen LogP contribution < -0.4 is 0 Å². The maximum Gasteiger partial charge on any atom is 0.254 e. The molecule has 2 aromatic rings. The van der Waals surface area contributed by atoms with Gasteiger partial charge in [0.2, 0.25) is 0 Å². The summed E-state index contributed by atoms with van der Waals surface area (Å²) in [7, 11) is 0. The predicted octanol–water partition coefficient (Wildman–Crippen LogP) is 5.33. The van der Waals surface area contributed by atoms with Crippen molar-refractivity contribution in [3.63, 3.8) is 0 Å². The molecule has 0 aliphatic heterocycles. The van der Waals surface area contributed by atoms with Gasteiger partial charge in [0.25, 0.3) is 5.12 Å². The number of aromatic amines is 1. The van der Waals surface area contributed by atoms with Gasteiger partial charge < -0.3 is 10.1 Å². The molecule has 0 saturated carbocycles. The van der Waals surface area contributed by atoms with Crippen molar-refractivity contribution in [2.24, 2.45) is 0 Å². The van der Waals surface area contributed by atoms with Crippen molar-refractivity contribution in [1.82, 2.24) is 9.97 Å². The number of nitrogens with zero attached hydrogens (tertiary/aromatic N) is 1. The Morgan fingerprint density at radius 3 is 2.40 bits per heavy atom. The molecule has 0 spiro atoms. The van der Waals surface area contributed by atoms with Crippen LogP contribution in [0.3, 0.4) is 0 Å². The first kappa shape index (κ1) is 20.0. The predicted molar refractivity (Wildman–Crippen MR) is 106 cm³/mol. The van der Waals surface area contributed by atoms with Crippen molar-refractivity contribution in [3.05, 3.63) is 30.1 Å². The molecule has 0 aliphatic carbocycles. The van der Waals surface area contributed by atoms with E-state index in [2.05, 4.69) is 9.97 Å². The van der Waals surface area contributed by atoms with E-state index in [0.29, 0.717) is 5.82 Å². The summed E-state index contributed by atoms with van der Waals surface area (Å²) >= 11 is 1.37. The molecule has 1 atom stereocenters. The van der Waals surface area contributed by atoms with Crippen molar-refractivity contribution >= 4 is 27.9 Å². The van der Waals surface area contributed by atoms with Gasteiger partial charge in [0, 0.05) is 5.75 Å². The summed E-state index contributed by atoms with van der Waals surface area (Å²) in [4.78, 5) is 19.6. The normalized spacial score (nSPS) is 12.6. The molecular formula is C20H30N2O2S. The number of carbonyl (C=O) groups is 1. The molecule has 2 N–H and O–H groups in total. The molecule has 0 radical (unpaired) electrons. The summed E-state index contributed by atoms with van der Waals surface area (Å²) in [6, 6.07) is 7.72. The zero-order valence-electron chi connectivity index (χ0n) is 15.2. The molecule has 0 amide bonds. The van der Waals surface area contributed by atoms with Crippen LogP contribution in [0.1, 0.15) is 75.3 Å². The number of aliphatic hydroxyl groups excluding tert-OH is 1. The van der Waals surface area contributed by atoms with Gasteiger partial charge in [-0.2, -0.15) is 0 Å². The van der Waals surface area contributed by atoms with Crippen LogP contribution in [-0.2, 0) is 0 Å².